The molecule has 3 aromatic carbocycles. The molecule has 0 saturated carbocycles. The number of rotatable bonds is 10. The smallest absolute Gasteiger partial charge is 0.272 e. The maximum atomic E-state index is 14.3. The van der Waals surface area contributed by atoms with Crippen molar-refractivity contribution >= 4 is 69.2 Å². The Morgan fingerprint density at radius 2 is 1.67 bits per heavy atom. The zero-order chi connectivity index (χ0) is 38.5. The number of aromatic nitrogens is 2. The molecule has 5 aromatic rings. The van der Waals surface area contributed by atoms with E-state index >= 15 is 0 Å². The Kier molecular flexibility index (Phi) is 10.2. The maximum absolute atomic E-state index is 14.3. The van der Waals surface area contributed by atoms with Crippen molar-refractivity contribution in [2.75, 3.05) is 26.2 Å². The van der Waals surface area contributed by atoms with Crippen molar-refractivity contribution in [3.8, 4) is 34.8 Å². The lowest BCUT2D eigenvalue weighted by Gasteiger charge is -2.46. The normalized spacial score (nSPS) is 17.4. The number of allylic oxidation sites excluding steroid dienone is 2. The SMILES string of the molecule is COc1cc([C@@H]2[C@H](Oc3ccc(Cl)cc3Cl)C(=O)N2c2sc3c(c2C#N)C=C(/C=C/c2c(C)nn(-c4ccccc4)c2Cl)CC3(C)C)cc(OC)c1OC. The van der Waals surface area contributed by atoms with Crippen molar-refractivity contribution in [1.82, 2.24) is 9.78 Å². The van der Waals surface area contributed by atoms with Gasteiger partial charge in [0.2, 0.25) is 11.9 Å². The van der Waals surface area contributed by atoms with E-state index in [1.165, 1.54) is 32.7 Å². The van der Waals surface area contributed by atoms with Crippen LogP contribution in [-0.4, -0.2) is 43.1 Å². The number of nitrogens with zero attached hydrogens (tertiary/aromatic N) is 4. The van der Waals surface area contributed by atoms with Crippen LogP contribution in [0.4, 0.5) is 5.00 Å². The Labute approximate surface area is 332 Å². The van der Waals surface area contributed by atoms with E-state index in [0.29, 0.717) is 55.7 Å². The van der Waals surface area contributed by atoms with Gasteiger partial charge in [-0.1, -0.05) is 72.9 Å². The molecule has 2 atom stereocenters. The minimum Gasteiger partial charge on any atom is -0.493 e. The van der Waals surface area contributed by atoms with Gasteiger partial charge in [0.1, 0.15) is 28.0 Å². The minimum atomic E-state index is -0.996. The second-order valence-electron chi connectivity index (χ2n) is 13.5. The number of aryl methyl sites for hydroxylation is 1. The average Bonchev–Trinajstić information content (AvgIpc) is 3.67. The third kappa shape index (κ3) is 6.49. The first-order valence-electron chi connectivity index (χ1n) is 16.9. The fraction of sp³-hybridized carbons (Fsp3) is 0.244. The van der Waals surface area contributed by atoms with E-state index in [4.69, 9.17) is 53.8 Å². The number of carbonyl (C=O) groups excluding carboxylic acids is 1. The monoisotopic (exact) mass is 800 g/mol. The summed E-state index contributed by atoms with van der Waals surface area (Å²) in [5, 5.41) is 17.1. The van der Waals surface area contributed by atoms with E-state index in [0.717, 1.165) is 33.0 Å². The molecule has 54 heavy (non-hydrogen) atoms. The van der Waals surface area contributed by atoms with Crippen molar-refractivity contribution in [1.29, 1.82) is 5.26 Å². The number of amides is 1. The topological polar surface area (TPSA) is 98.8 Å². The third-order valence-electron chi connectivity index (χ3n) is 9.58. The summed E-state index contributed by atoms with van der Waals surface area (Å²) in [5.41, 5.74) is 4.93. The Hall–Kier alpha value is -4.92. The molecule has 0 N–H and O–H groups in total. The number of halogens is 3. The van der Waals surface area contributed by atoms with Crippen molar-refractivity contribution in [3.05, 3.63) is 120 Å². The number of fused-ring (bicyclic) bond motifs is 1. The third-order valence-corrected chi connectivity index (χ3v) is 12.0. The quantitative estimate of drug-likeness (QED) is 0.130. The molecular formula is C41H35Cl3N4O5S. The van der Waals surface area contributed by atoms with E-state index in [-0.39, 0.29) is 16.3 Å². The number of nitriles is 1. The summed E-state index contributed by atoms with van der Waals surface area (Å²) in [5.74, 6) is 1.18. The number of hydrogen-bond acceptors (Lipinski definition) is 8. The van der Waals surface area contributed by atoms with Gasteiger partial charge in [0, 0.05) is 26.4 Å². The number of hydrogen-bond donors (Lipinski definition) is 0. The highest BCUT2D eigenvalue weighted by Crippen LogP contribution is 2.54. The molecule has 1 aliphatic heterocycles. The van der Waals surface area contributed by atoms with Gasteiger partial charge in [-0.25, -0.2) is 4.68 Å². The Morgan fingerprint density at radius 1 is 0.963 bits per heavy atom. The van der Waals surface area contributed by atoms with Crippen molar-refractivity contribution in [2.45, 2.75) is 44.8 Å². The molecule has 7 rings (SSSR count). The maximum Gasteiger partial charge on any atom is 0.272 e. The van der Waals surface area contributed by atoms with Gasteiger partial charge in [0.15, 0.2) is 11.5 Å². The lowest BCUT2D eigenvalue weighted by Crippen LogP contribution is -2.61. The van der Waals surface area contributed by atoms with Gasteiger partial charge in [-0.15, -0.1) is 11.3 Å². The number of β-lactam (4-membered cyclic amide) rings is 1. The van der Waals surface area contributed by atoms with Gasteiger partial charge in [0.25, 0.3) is 5.91 Å². The highest BCUT2D eigenvalue weighted by molar-refractivity contribution is 7.17. The fourth-order valence-electron chi connectivity index (χ4n) is 7.02. The lowest BCUT2D eigenvalue weighted by atomic mass is 9.77. The predicted octanol–water partition coefficient (Wildman–Crippen LogP) is 10.4. The summed E-state index contributed by atoms with van der Waals surface area (Å²) in [6.07, 6.45) is 5.72. The number of carbonyl (C=O) groups is 1. The molecule has 1 fully saturated rings. The van der Waals surface area contributed by atoms with Gasteiger partial charge in [-0.2, -0.15) is 10.4 Å². The second-order valence-corrected chi connectivity index (χ2v) is 15.7. The lowest BCUT2D eigenvalue weighted by molar-refractivity contribution is -0.134. The van der Waals surface area contributed by atoms with Gasteiger partial charge in [-0.05, 0) is 79.1 Å². The molecule has 0 radical (unpaired) electrons. The van der Waals surface area contributed by atoms with Crippen LogP contribution in [0.25, 0.3) is 17.8 Å². The zero-order valence-corrected chi connectivity index (χ0v) is 33.3. The van der Waals surface area contributed by atoms with Crippen LogP contribution >= 0.6 is 46.1 Å². The second kappa shape index (κ2) is 14.7. The molecule has 2 aliphatic rings. The number of anilines is 1. The Balaban J connectivity index is 1.31. The van der Waals surface area contributed by atoms with Crippen LogP contribution in [0.3, 0.4) is 0 Å². The molecule has 2 aromatic heterocycles. The van der Waals surface area contributed by atoms with E-state index in [9.17, 15) is 10.1 Å². The van der Waals surface area contributed by atoms with Crippen molar-refractivity contribution in [2.24, 2.45) is 0 Å². The van der Waals surface area contributed by atoms with Gasteiger partial charge in [-0.3, -0.25) is 9.69 Å². The minimum absolute atomic E-state index is 0.262. The summed E-state index contributed by atoms with van der Waals surface area (Å²) in [4.78, 5) is 16.9. The summed E-state index contributed by atoms with van der Waals surface area (Å²) in [6, 6.07) is 19.9. The number of thiophene rings is 1. The van der Waals surface area contributed by atoms with Crippen LogP contribution in [0, 0.1) is 18.3 Å². The van der Waals surface area contributed by atoms with Gasteiger partial charge >= 0.3 is 0 Å². The predicted molar refractivity (Wildman–Crippen MR) is 214 cm³/mol. The molecule has 1 amide bonds. The number of benzene rings is 3. The zero-order valence-electron chi connectivity index (χ0n) is 30.2. The molecule has 13 heteroatoms. The number of para-hydroxylation sites is 1. The first-order chi connectivity index (χ1) is 25.9. The summed E-state index contributed by atoms with van der Waals surface area (Å²) in [6.45, 7) is 6.21. The fourth-order valence-corrected chi connectivity index (χ4v) is 9.18. The highest BCUT2D eigenvalue weighted by Gasteiger charge is 2.54. The molecule has 1 saturated heterocycles. The van der Waals surface area contributed by atoms with Gasteiger partial charge < -0.3 is 18.9 Å². The highest BCUT2D eigenvalue weighted by atomic mass is 35.5. The molecule has 276 valence electrons. The van der Waals surface area contributed by atoms with Crippen LogP contribution in [0.1, 0.15) is 59.1 Å². The first kappa shape index (κ1) is 37.4. The van der Waals surface area contributed by atoms with Crippen LogP contribution in [-0.2, 0) is 10.2 Å². The molecule has 0 unspecified atom stereocenters. The van der Waals surface area contributed by atoms with Crippen LogP contribution in [0.15, 0.2) is 72.3 Å². The largest absolute Gasteiger partial charge is 0.493 e. The molecule has 1 aliphatic carbocycles. The van der Waals surface area contributed by atoms with Gasteiger partial charge in [0.05, 0.1) is 43.3 Å². The number of methoxy groups -OCH3 is 3. The van der Waals surface area contributed by atoms with E-state index in [2.05, 4.69) is 25.0 Å². The summed E-state index contributed by atoms with van der Waals surface area (Å²) in [7, 11) is 4.58. The van der Waals surface area contributed by atoms with Crippen molar-refractivity contribution < 1.29 is 23.7 Å². The first-order valence-corrected chi connectivity index (χ1v) is 18.9. The average molecular weight is 802 g/mol. The van der Waals surface area contributed by atoms with Crippen LogP contribution in [0.2, 0.25) is 15.2 Å². The molecule has 0 bridgehead atoms. The number of ether oxygens (including phenoxy) is 4. The molecule has 3 heterocycles. The van der Waals surface area contributed by atoms with E-state index in [1.807, 2.05) is 55.5 Å². The van der Waals surface area contributed by atoms with Crippen LogP contribution in [0.5, 0.6) is 23.0 Å². The Morgan fingerprint density at radius 3 is 2.30 bits per heavy atom. The Bertz CT molecular complexity index is 2370. The molecule has 0 spiro atoms. The summed E-state index contributed by atoms with van der Waals surface area (Å²) < 4.78 is 25.0. The standard InChI is InChI=1S/C41H35Cl3N4O5S/c1-22-27(38(44)48(46-22)26-10-8-7-9-11-26)14-12-23-16-28-29(21-45)40(54-37(28)41(2,3)20-23)47-34(24-17-32(50-4)35(52-6)33(18-24)51-5)36(39(47)49)53-31-15-13-25(42)19-30(31)43/h7-19,34,36H,20H2,1-6H3/b14-12+/t34-,36+/m1/s1. The van der Waals surface area contributed by atoms with E-state index in [1.54, 1.807) is 39.9 Å². The molecular weight excluding hydrogens is 767 g/mol. The van der Waals surface area contributed by atoms with Crippen molar-refractivity contribution in [3.63, 3.8) is 0 Å². The summed E-state index contributed by atoms with van der Waals surface area (Å²) >= 11 is 20.9. The van der Waals surface area contributed by atoms with Crippen LogP contribution < -0.4 is 23.8 Å². The van der Waals surface area contributed by atoms with E-state index < -0.39 is 12.1 Å². The molecule has 9 nitrogen and oxygen atoms in total.